The Balaban J connectivity index is 2.00. The molecule has 1 N–H and O–H groups in total. The Morgan fingerprint density at radius 2 is 1.71 bits per heavy atom. The Kier molecular flexibility index (Phi) is 9.49. The first-order valence-electron chi connectivity index (χ1n) is 13.3. The van der Waals surface area contributed by atoms with Crippen molar-refractivity contribution < 1.29 is 28.5 Å². The molecule has 0 fully saturated rings. The van der Waals surface area contributed by atoms with E-state index in [0.29, 0.717) is 36.2 Å². The first-order chi connectivity index (χ1) is 19.6. The summed E-state index contributed by atoms with van der Waals surface area (Å²) in [5.74, 6) is 2.26. The fourth-order valence-electron chi connectivity index (χ4n) is 4.76. The number of hydrogen-bond acceptors (Lipinski definition) is 8. The van der Waals surface area contributed by atoms with E-state index >= 15 is 0 Å². The van der Waals surface area contributed by atoms with Gasteiger partial charge in [0.25, 0.3) is 0 Å². The van der Waals surface area contributed by atoms with E-state index in [9.17, 15) is 9.59 Å². The van der Waals surface area contributed by atoms with Crippen molar-refractivity contribution in [2.45, 2.75) is 31.4 Å². The van der Waals surface area contributed by atoms with Crippen LogP contribution in [0.25, 0.3) is 5.69 Å². The lowest BCUT2D eigenvalue weighted by Gasteiger charge is -2.25. The maximum absolute atomic E-state index is 13.8. The number of carbonyl (C=O) groups is 2. The predicted molar refractivity (Wildman–Crippen MR) is 160 cm³/mol. The fraction of sp³-hybridized carbons (Fsp3) is 0.433. The Morgan fingerprint density at radius 3 is 2.32 bits per heavy atom. The number of rotatable bonds is 10. The Bertz CT molecular complexity index is 1380. The lowest BCUT2D eigenvalue weighted by Crippen LogP contribution is -2.43. The monoisotopic (exact) mass is 582 g/mol. The largest absolute Gasteiger partial charge is 0.497 e. The molecule has 0 saturated heterocycles. The van der Waals surface area contributed by atoms with Crippen LogP contribution < -0.4 is 24.4 Å². The van der Waals surface area contributed by atoms with Crippen molar-refractivity contribution >= 4 is 29.4 Å². The van der Waals surface area contributed by atoms with Gasteiger partial charge >= 0.3 is 0 Å². The zero-order valence-electron chi connectivity index (χ0n) is 24.6. The van der Waals surface area contributed by atoms with Gasteiger partial charge in [-0.05, 0) is 42.5 Å². The van der Waals surface area contributed by atoms with Crippen LogP contribution in [-0.2, 0) is 19.7 Å². The van der Waals surface area contributed by atoms with Gasteiger partial charge in [-0.2, -0.15) is 5.10 Å². The molecule has 2 aromatic carbocycles. The topological polar surface area (TPSA) is 104 Å². The highest BCUT2D eigenvalue weighted by atomic mass is 32.2. The van der Waals surface area contributed by atoms with Crippen molar-refractivity contribution in [1.82, 2.24) is 15.1 Å². The van der Waals surface area contributed by atoms with E-state index in [1.54, 1.807) is 38.0 Å². The molecule has 0 radical (unpaired) electrons. The van der Waals surface area contributed by atoms with E-state index in [-0.39, 0.29) is 29.4 Å². The van der Waals surface area contributed by atoms with Crippen molar-refractivity contribution in [1.29, 1.82) is 0 Å². The summed E-state index contributed by atoms with van der Waals surface area (Å²) in [6.45, 7) is 6.82. The van der Waals surface area contributed by atoms with E-state index in [1.807, 2.05) is 42.5 Å². The van der Waals surface area contributed by atoms with E-state index in [4.69, 9.17) is 24.0 Å². The lowest BCUT2D eigenvalue weighted by atomic mass is 9.87. The Labute approximate surface area is 245 Å². The second kappa shape index (κ2) is 12.9. The number of nitrogens with one attached hydrogen (secondary N) is 1. The number of nitrogens with zero attached hydrogens (tertiary/aromatic N) is 3. The van der Waals surface area contributed by atoms with Crippen LogP contribution in [0, 0.1) is 0 Å². The number of ether oxygens (including phenoxy) is 4. The summed E-state index contributed by atoms with van der Waals surface area (Å²) < 4.78 is 23.6. The number of carbonyl (C=O) groups excluding carboxylic acids is 2. The van der Waals surface area contributed by atoms with Gasteiger partial charge in [-0.15, -0.1) is 11.8 Å². The molecule has 2 amide bonds. The molecule has 2 heterocycles. The first-order valence-corrected chi connectivity index (χ1v) is 14.3. The maximum Gasteiger partial charge on any atom is 0.240 e. The summed E-state index contributed by atoms with van der Waals surface area (Å²) in [5, 5.41) is 7.63. The van der Waals surface area contributed by atoms with Crippen LogP contribution in [0.3, 0.4) is 0 Å². The molecule has 0 aliphatic carbocycles. The third-order valence-electron chi connectivity index (χ3n) is 6.77. The molecule has 1 unspecified atom stereocenters. The number of amides is 2. The maximum atomic E-state index is 13.8. The molecule has 1 aliphatic rings. The van der Waals surface area contributed by atoms with Crippen molar-refractivity contribution in [3.8, 4) is 22.9 Å². The summed E-state index contributed by atoms with van der Waals surface area (Å²) in [5.41, 5.74) is 2.85. The van der Waals surface area contributed by atoms with Crippen LogP contribution >= 0.6 is 11.8 Å². The third-order valence-corrected chi connectivity index (χ3v) is 8.00. The van der Waals surface area contributed by atoms with Crippen molar-refractivity contribution in [2.24, 2.45) is 0 Å². The van der Waals surface area contributed by atoms with Crippen LogP contribution in [-0.4, -0.2) is 75.5 Å². The van der Waals surface area contributed by atoms with E-state index in [0.717, 1.165) is 22.5 Å². The minimum absolute atomic E-state index is 0.150. The van der Waals surface area contributed by atoms with Gasteiger partial charge in [0, 0.05) is 30.2 Å². The van der Waals surface area contributed by atoms with Crippen LogP contribution in [0.2, 0.25) is 0 Å². The van der Waals surface area contributed by atoms with Gasteiger partial charge in [-0.25, -0.2) is 4.68 Å². The SMILES string of the molecule is COCCNC(=O)CN1C(=O)CSC(c2cc(OC)ccc2OC)c2c(C(C)(C)C)nn(-c3ccc(OC)cc3)c21. The van der Waals surface area contributed by atoms with Gasteiger partial charge in [-0.3, -0.25) is 14.5 Å². The second-order valence-electron chi connectivity index (χ2n) is 10.6. The molecule has 10 nitrogen and oxygen atoms in total. The highest BCUT2D eigenvalue weighted by Crippen LogP contribution is 2.51. The van der Waals surface area contributed by atoms with Gasteiger partial charge < -0.3 is 24.3 Å². The average Bonchev–Trinajstić information content (AvgIpc) is 3.30. The number of thioether (sulfide) groups is 1. The molecule has 0 spiro atoms. The van der Waals surface area contributed by atoms with Gasteiger partial charge in [0.2, 0.25) is 11.8 Å². The van der Waals surface area contributed by atoms with Gasteiger partial charge in [0.1, 0.15) is 29.6 Å². The average molecular weight is 583 g/mol. The molecule has 220 valence electrons. The second-order valence-corrected chi connectivity index (χ2v) is 11.7. The minimum Gasteiger partial charge on any atom is -0.497 e. The molecule has 41 heavy (non-hydrogen) atoms. The molecule has 1 aromatic heterocycles. The molecular weight excluding hydrogens is 544 g/mol. The molecule has 0 saturated carbocycles. The van der Waals surface area contributed by atoms with Gasteiger partial charge in [-0.1, -0.05) is 20.8 Å². The number of benzene rings is 2. The Morgan fingerprint density at radius 1 is 1.02 bits per heavy atom. The summed E-state index contributed by atoms with van der Waals surface area (Å²) in [7, 11) is 6.43. The number of anilines is 1. The number of hydrogen-bond donors (Lipinski definition) is 1. The highest BCUT2D eigenvalue weighted by molar-refractivity contribution is 8.00. The summed E-state index contributed by atoms with van der Waals surface area (Å²) in [4.78, 5) is 28.4. The quantitative estimate of drug-likeness (QED) is 0.356. The van der Waals surface area contributed by atoms with Crippen LogP contribution in [0.5, 0.6) is 17.2 Å². The molecule has 11 heteroatoms. The number of fused-ring (bicyclic) bond motifs is 1. The lowest BCUT2D eigenvalue weighted by molar-refractivity contribution is -0.123. The standard InChI is InChI=1S/C30H38N4O6S/c1-30(2,3)28-26-27(22-16-21(39-6)12-13-23(22)40-7)41-18-25(36)33(17-24(35)31-14-15-37-4)29(26)34(32-28)19-8-10-20(38-5)11-9-19/h8-13,16,27H,14-15,17-18H2,1-7H3,(H,31,35). The molecule has 0 bridgehead atoms. The van der Waals surface area contributed by atoms with Crippen molar-refractivity contribution in [3.05, 3.63) is 59.3 Å². The molecular formula is C30H38N4O6S. The summed E-state index contributed by atoms with van der Waals surface area (Å²) in [6, 6.07) is 13.1. The minimum atomic E-state index is -0.396. The zero-order chi connectivity index (χ0) is 29.7. The van der Waals surface area contributed by atoms with E-state index < -0.39 is 5.41 Å². The Hall–Kier alpha value is -3.70. The molecule has 1 atom stereocenters. The zero-order valence-corrected chi connectivity index (χ0v) is 25.5. The van der Waals surface area contributed by atoms with Crippen molar-refractivity contribution in [2.75, 3.05) is 58.8 Å². The summed E-state index contributed by atoms with van der Waals surface area (Å²) in [6.07, 6.45) is 0. The smallest absolute Gasteiger partial charge is 0.240 e. The van der Waals surface area contributed by atoms with Crippen molar-refractivity contribution in [3.63, 3.8) is 0 Å². The highest BCUT2D eigenvalue weighted by Gasteiger charge is 2.40. The van der Waals surface area contributed by atoms with Crippen LogP contribution in [0.15, 0.2) is 42.5 Å². The van der Waals surface area contributed by atoms with Gasteiger partial charge in [0.05, 0.1) is 50.3 Å². The van der Waals surface area contributed by atoms with Crippen LogP contribution in [0.4, 0.5) is 5.82 Å². The van der Waals surface area contributed by atoms with E-state index in [1.165, 1.54) is 11.8 Å². The molecule has 1 aliphatic heterocycles. The third kappa shape index (κ3) is 6.46. The molecule has 3 aromatic rings. The first kappa shape index (κ1) is 30.3. The van der Waals surface area contributed by atoms with Gasteiger partial charge in [0.15, 0.2) is 0 Å². The normalized spacial score (nSPS) is 15.2. The summed E-state index contributed by atoms with van der Waals surface area (Å²) >= 11 is 1.48. The van der Waals surface area contributed by atoms with E-state index in [2.05, 4.69) is 26.1 Å². The number of aromatic nitrogens is 2. The number of methoxy groups -OCH3 is 4. The predicted octanol–water partition coefficient (Wildman–Crippen LogP) is 4.13. The fourth-order valence-corrected chi connectivity index (χ4v) is 5.97. The molecule has 4 rings (SSSR count). The van der Waals surface area contributed by atoms with Crippen LogP contribution in [0.1, 0.15) is 42.8 Å².